The highest BCUT2D eigenvalue weighted by Gasteiger charge is 2.24. The number of hydrogen-bond donors (Lipinski definition) is 1. The van der Waals surface area contributed by atoms with Gasteiger partial charge < -0.3 is 10.2 Å². The van der Waals surface area contributed by atoms with Crippen LogP contribution in [0.4, 0.5) is 10.1 Å². The summed E-state index contributed by atoms with van der Waals surface area (Å²) in [5.74, 6) is -0.349. The lowest BCUT2D eigenvalue weighted by Gasteiger charge is -2.33. The Morgan fingerprint density at radius 3 is 2.55 bits per heavy atom. The number of amides is 1. The molecule has 114 valence electrons. The van der Waals surface area contributed by atoms with E-state index in [4.69, 9.17) is 0 Å². The Labute approximate surface area is 129 Å². The van der Waals surface area contributed by atoms with Gasteiger partial charge in [-0.2, -0.15) is 0 Å². The Bertz CT molecular complexity index is 627. The van der Waals surface area contributed by atoms with Crippen molar-refractivity contribution in [2.24, 2.45) is 0 Å². The largest absolute Gasteiger partial charge is 0.381 e. The van der Waals surface area contributed by atoms with Crippen molar-refractivity contribution in [1.29, 1.82) is 0 Å². The number of nitrogens with one attached hydrogen (secondary N) is 1. The van der Waals surface area contributed by atoms with Crippen molar-refractivity contribution in [1.82, 2.24) is 4.90 Å². The van der Waals surface area contributed by atoms with Crippen molar-refractivity contribution in [3.05, 3.63) is 66.0 Å². The summed E-state index contributed by atoms with van der Waals surface area (Å²) in [4.78, 5) is 14.3. The molecule has 1 heterocycles. The molecule has 3 rings (SSSR count). The predicted molar refractivity (Wildman–Crippen MR) is 85.4 cm³/mol. The summed E-state index contributed by atoms with van der Waals surface area (Å²) in [5.41, 5.74) is 1.62. The lowest BCUT2D eigenvalue weighted by atomic mass is 10.0. The van der Waals surface area contributed by atoms with E-state index in [1.807, 2.05) is 35.2 Å². The topological polar surface area (TPSA) is 32.3 Å². The standard InChI is InChI=1S/C18H19FN2O/c19-15-10-8-14(9-11-15)18(22)21-12-4-7-17(13-21)20-16-5-2-1-3-6-16/h1-3,5-6,8-11,17,20H,4,7,12-13H2. The number of anilines is 1. The molecule has 0 aromatic heterocycles. The van der Waals surface area contributed by atoms with Crippen LogP contribution >= 0.6 is 0 Å². The molecule has 1 aliphatic heterocycles. The normalized spacial score (nSPS) is 18.0. The van der Waals surface area contributed by atoms with Crippen LogP contribution in [0.2, 0.25) is 0 Å². The highest BCUT2D eigenvalue weighted by Crippen LogP contribution is 2.18. The number of carbonyl (C=O) groups excluding carboxylic acids is 1. The smallest absolute Gasteiger partial charge is 0.253 e. The van der Waals surface area contributed by atoms with Gasteiger partial charge in [-0.1, -0.05) is 18.2 Å². The first-order valence-electron chi connectivity index (χ1n) is 7.59. The molecule has 1 amide bonds. The molecule has 1 N–H and O–H groups in total. The van der Waals surface area contributed by atoms with Gasteiger partial charge in [0.25, 0.3) is 5.91 Å². The number of likely N-dealkylation sites (tertiary alicyclic amines) is 1. The zero-order valence-electron chi connectivity index (χ0n) is 12.3. The van der Waals surface area contributed by atoms with E-state index in [9.17, 15) is 9.18 Å². The number of hydrogen-bond acceptors (Lipinski definition) is 2. The second kappa shape index (κ2) is 6.60. The fourth-order valence-electron chi connectivity index (χ4n) is 2.82. The quantitative estimate of drug-likeness (QED) is 0.940. The number of carbonyl (C=O) groups is 1. The third kappa shape index (κ3) is 3.45. The molecular formula is C18H19FN2O. The number of nitrogens with zero attached hydrogens (tertiary/aromatic N) is 1. The van der Waals surface area contributed by atoms with Gasteiger partial charge in [-0.15, -0.1) is 0 Å². The van der Waals surface area contributed by atoms with Gasteiger partial charge >= 0.3 is 0 Å². The number of para-hydroxylation sites is 1. The van der Waals surface area contributed by atoms with Crippen LogP contribution in [0.1, 0.15) is 23.2 Å². The molecular weight excluding hydrogens is 279 g/mol. The summed E-state index contributed by atoms with van der Waals surface area (Å²) < 4.78 is 13.0. The second-order valence-corrected chi connectivity index (χ2v) is 5.61. The van der Waals surface area contributed by atoms with Crippen LogP contribution in [0.5, 0.6) is 0 Å². The average Bonchev–Trinajstić information content (AvgIpc) is 2.56. The monoisotopic (exact) mass is 298 g/mol. The molecule has 2 aromatic carbocycles. The van der Waals surface area contributed by atoms with Crippen LogP contribution in [-0.2, 0) is 0 Å². The van der Waals surface area contributed by atoms with Gasteiger partial charge in [0.2, 0.25) is 0 Å². The number of benzene rings is 2. The zero-order valence-corrected chi connectivity index (χ0v) is 12.3. The Hall–Kier alpha value is -2.36. The van der Waals surface area contributed by atoms with Crippen LogP contribution in [0.25, 0.3) is 0 Å². The molecule has 22 heavy (non-hydrogen) atoms. The molecule has 1 aliphatic rings. The number of piperidine rings is 1. The molecule has 0 saturated carbocycles. The first kappa shape index (κ1) is 14.6. The maximum absolute atomic E-state index is 13.0. The lowest BCUT2D eigenvalue weighted by Crippen LogP contribution is -2.45. The minimum atomic E-state index is -0.321. The SMILES string of the molecule is O=C(c1ccc(F)cc1)N1CCCC(Nc2ccccc2)C1. The van der Waals surface area contributed by atoms with E-state index in [1.54, 1.807) is 12.1 Å². The summed E-state index contributed by atoms with van der Waals surface area (Å²) in [7, 11) is 0. The maximum Gasteiger partial charge on any atom is 0.253 e. The van der Waals surface area contributed by atoms with E-state index >= 15 is 0 Å². The lowest BCUT2D eigenvalue weighted by molar-refractivity contribution is 0.0715. The van der Waals surface area contributed by atoms with Crippen LogP contribution in [0.3, 0.4) is 0 Å². The van der Waals surface area contributed by atoms with Crippen molar-refractivity contribution in [3.8, 4) is 0 Å². The predicted octanol–water partition coefficient (Wildman–Crippen LogP) is 3.54. The fourth-order valence-corrected chi connectivity index (χ4v) is 2.82. The van der Waals surface area contributed by atoms with Crippen LogP contribution in [-0.4, -0.2) is 29.9 Å². The number of halogens is 1. The molecule has 4 heteroatoms. The molecule has 0 spiro atoms. The summed E-state index contributed by atoms with van der Waals surface area (Å²) >= 11 is 0. The first-order valence-corrected chi connectivity index (χ1v) is 7.59. The molecule has 2 aromatic rings. The third-order valence-electron chi connectivity index (χ3n) is 3.94. The van der Waals surface area contributed by atoms with Gasteiger partial charge in [0.1, 0.15) is 5.82 Å². The van der Waals surface area contributed by atoms with E-state index in [0.29, 0.717) is 12.1 Å². The van der Waals surface area contributed by atoms with Gasteiger partial charge in [-0.05, 0) is 49.2 Å². The first-order chi connectivity index (χ1) is 10.7. The average molecular weight is 298 g/mol. The fraction of sp³-hybridized carbons (Fsp3) is 0.278. The highest BCUT2D eigenvalue weighted by molar-refractivity contribution is 5.94. The minimum Gasteiger partial charge on any atom is -0.381 e. The van der Waals surface area contributed by atoms with Crippen molar-refractivity contribution in [3.63, 3.8) is 0 Å². The molecule has 1 saturated heterocycles. The molecule has 0 radical (unpaired) electrons. The van der Waals surface area contributed by atoms with Gasteiger partial charge in [-0.25, -0.2) is 4.39 Å². The van der Waals surface area contributed by atoms with E-state index in [0.717, 1.165) is 25.1 Å². The highest BCUT2D eigenvalue weighted by atomic mass is 19.1. The maximum atomic E-state index is 13.0. The van der Waals surface area contributed by atoms with E-state index < -0.39 is 0 Å². The van der Waals surface area contributed by atoms with Crippen LogP contribution < -0.4 is 5.32 Å². The number of rotatable bonds is 3. The molecule has 1 atom stereocenters. The molecule has 0 aliphatic carbocycles. The second-order valence-electron chi connectivity index (χ2n) is 5.61. The Morgan fingerprint density at radius 1 is 1.09 bits per heavy atom. The van der Waals surface area contributed by atoms with Gasteiger partial charge in [0.15, 0.2) is 0 Å². The van der Waals surface area contributed by atoms with Gasteiger partial charge in [0.05, 0.1) is 0 Å². The van der Waals surface area contributed by atoms with Crippen LogP contribution in [0.15, 0.2) is 54.6 Å². The van der Waals surface area contributed by atoms with E-state index in [-0.39, 0.29) is 17.8 Å². The van der Waals surface area contributed by atoms with Gasteiger partial charge in [-0.3, -0.25) is 4.79 Å². The van der Waals surface area contributed by atoms with Gasteiger partial charge in [0, 0.05) is 30.4 Å². The summed E-state index contributed by atoms with van der Waals surface area (Å²) in [5, 5.41) is 3.47. The zero-order chi connectivity index (χ0) is 15.4. The Morgan fingerprint density at radius 2 is 1.82 bits per heavy atom. The van der Waals surface area contributed by atoms with Crippen molar-refractivity contribution < 1.29 is 9.18 Å². The van der Waals surface area contributed by atoms with E-state index in [2.05, 4.69) is 5.32 Å². The molecule has 1 unspecified atom stereocenters. The van der Waals surface area contributed by atoms with E-state index in [1.165, 1.54) is 12.1 Å². The minimum absolute atomic E-state index is 0.0282. The Balaban J connectivity index is 1.65. The Kier molecular flexibility index (Phi) is 4.37. The molecule has 3 nitrogen and oxygen atoms in total. The molecule has 0 bridgehead atoms. The van der Waals surface area contributed by atoms with Crippen molar-refractivity contribution in [2.45, 2.75) is 18.9 Å². The molecule has 1 fully saturated rings. The van der Waals surface area contributed by atoms with Crippen molar-refractivity contribution >= 4 is 11.6 Å². The third-order valence-corrected chi connectivity index (χ3v) is 3.94. The van der Waals surface area contributed by atoms with Crippen LogP contribution in [0, 0.1) is 5.82 Å². The summed E-state index contributed by atoms with van der Waals surface area (Å²) in [6, 6.07) is 16.0. The van der Waals surface area contributed by atoms with Crippen molar-refractivity contribution in [2.75, 3.05) is 18.4 Å². The summed E-state index contributed by atoms with van der Waals surface area (Å²) in [6.45, 7) is 1.42. The summed E-state index contributed by atoms with van der Waals surface area (Å²) in [6.07, 6.45) is 2.01.